The first-order valence-electron chi connectivity index (χ1n) is 6.22. The Kier molecular flexibility index (Phi) is 4.81. The zero-order valence-electron chi connectivity index (χ0n) is 10.6. The normalized spacial score (nSPS) is 18.6. The molecule has 2 rings (SSSR count). The minimum atomic E-state index is -3.40. The van der Waals surface area contributed by atoms with E-state index in [0.717, 1.165) is 19.6 Å². The maximum atomic E-state index is 12.4. The third-order valence-corrected chi connectivity index (χ3v) is 5.39. The molecule has 0 bridgehead atoms. The van der Waals surface area contributed by atoms with E-state index in [0.29, 0.717) is 29.6 Å². The first-order valence-corrected chi connectivity index (χ1v) is 8.04. The standard InChI is InChI=1S/C12H18ClN3O2S/c13-11-1-3-12(4-2-11)19(17,18)16-9-7-15(6-5-14)8-10-16/h1-4H,5-10,14H2. The van der Waals surface area contributed by atoms with Gasteiger partial charge < -0.3 is 5.73 Å². The summed E-state index contributed by atoms with van der Waals surface area (Å²) in [7, 11) is -3.40. The predicted molar refractivity (Wildman–Crippen MR) is 75.7 cm³/mol. The summed E-state index contributed by atoms with van der Waals surface area (Å²) in [6.45, 7) is 3.88. The van der Waals surface area contributed by atoms with Crippen molar-refractivity contribution in [3.63, 3.8) is 0 Å². The largest absolute Gasteiger partial charge is 0.329 e. The molecule has 0 saturated carbocycles. The lowest BCUT2D eigenvalue weighted by Gasteiger charge is -2.33. The first kappa shape index (κ1) is 14.7. The summed E-state index contributed by atoms with van der Waals surface area (Å²) in [5.74, 6) is 0. The summed E-state index contributed by atoms with van der Waals surface area (Å²) in [5.41, 5.74) is 5.50. The summed E-state index contributed by atoms with van der Waals surface area (Å²) in [6.07, 6.45) is 0. The smallest absolute Gasteiger partial charge is 0.243 e. The second-order valence-electron chi connectivity index (χ2n) is 4.49. The molecule has 0 amide bonds. The van der Waals surface area contributed by atoms with Crippen molar-refractivity contribution in [2.24, 2.45) is 5.73 Å². The lowest BCUT2D eigenvalue weighted by atomic mass is 10.3. The molecule has 0 aliphatic carbocycles. The monoisotopic (exact) mass is 303 g/mol. The minimum absolute atomic E-state index is 0.296. The van der Waals surface area contributed by atoms with Gasteiger partial charge in [-0.25, -0.2) is 8.42 Å². The Labute approximate surface area is 119 Å². The Balaban J connectivity index is 2.07. The van der Waals surface area contributed by atoms with Gasteiger partial charge in [0.1, 0.15) is 0 Å². The van der Waals surface area contributed by atoms with E-state index in [9.17, 15) is 8.42 Å². The Morgan fingerprint density at radius 3 is 2.21 bits per heavy atom. The van der Waals surface area contributed by atoms with Gasteiger partial charge in [-0.1, -0.05) is 11.6 Å². The van der Waals surface area contributed by atoms with Crippen LogP contribution in [0.1, 0.15) is 0 Å². The van der Waals surface area contributed by atoms with Gasteiger partial charge in [0.2, 0.25) is 10.0 Å². The van der Waals surface area contributed by atoms with E-state index in [1.54, 1.807) is 24.3 Å². The van der Waals surface area contributed by atoms with Gasteiger partial charge in [-0.3, -0.25) is 4.90 Å². The van der Waals surface area contributed by atoms with E-state index in [2.05, 4.69) is 4.90 Å². The first-order chi connectivity index (χ1) is 9.04. The molecule has 0 radical (unpaired) electrons. The number of benzene rings is 1. The van der Waals surface area contributed by atoms with Crippen molar-refractivity contribution in [3.8, 4) is 0 Å². The number of hydrogen-bond acceptors (Lipinski definition) is 4. The number of nitrogens with zero attached hydrogens (tertiary/aromatic N) is 2. The van der Waals surface area contributed by atoms with Gasteiger partial charge in [-0.15, -0.1) is 0 Å². The third-order valence-electron chi connectivity index (χ3n) is 3.23. The summed E-state index contributed by atoms with van der Waals surface area (Å²) < 4.78 is 26.3. The molecule has 2 N–H and O–H groups in total. The highest BCUT2D eigenvalue weighted by Gasteiger charge is 2.27. The van der Waals surface area contributed by atoms with Gasteiger partial charge in [0.25, 0.3) is 0 Å². The van der Waals surface area contributed by atoms with Crippen molar-refractivity contribution in [2.75, 3.05) is 39.3 Å². The molecule has 0 spiro atoms. The molecule has 0 aromatic heterocycles. The number of halogens is 1. The van der Waals surface area contributed by atoms with E-state index in [1.165, 1.54) is 4.31 Å². The van der Waals surface area contributed by atoms with Crippen molar-refractivity contribution in [2.45, 2.75) is 4.90 Å². The van der Waals surface area contributed by atoms with Crippen LogP contribution in [0.3, 0.4) is 0 Å². The highest BCUT2D eigenvalue weighted by molar-refractivity contribution is 7.89. The van der Waals surface area contributed by atoms with Crippen LogP contribution in [0, 0.1) is 0 Å². The molecule has 5 nitrogen and oxygen atoms in total. The molecule has 0 unspecified atom stereocenters. The lowest BCUT2D eigenvalue weighted by Crippen LogP contribution is -2.49. The number of rotatable bonds is 4. The van der Waals surface area contributed by atoms with Crippen LogP contribution >= 0.6 is 11.6 Å². The quantitative estimate of drug-likeness (QED) is 0.885. The van der Waals surface area contributed by atoms with Crippen molar-refractivity contribution in [3.05, 3.63) is 29.3 Å². The van der Waals surface area contributed by atoms with Crippen molar-refractivity contribution in [1.82, 2.24) is 9.21 Å². The Morgan fingerprint density at radius 1 is 1.11 bits per heavy atom. The molecule has 0 atom stereocenters. The van der Waals surface area contributed by atoms with Gasteiger partial charge in [0.05, 0.1) is 4.90 Å². The molecule has 1 heterocycles. The van der Waals surface area contributed by atoms with Gasteiger partial charge >= 0.3 is 0 Å². The van der Waals surface area contributed by atoms with Gasteiger partial charge in [-0.05, 0) is 24.3 Å². The van der Waals surface area contributed by atoms with Crippen LogP contribution in [0.15, 0.2) is 29.2 Å². The maximum Gasteiger partial charge on any atom is 0.243 e. The van der Waals surface area contributed by atoms with Crippen LogP contribution < -0.4 is 5.73 Å². The van der Waals surface area contributed by atoms with Crippen molar-refractivity contribution < 1.29 is 8.42 Å². The predicted octanol–water partition coefficient (Wildman–Crippen LogP) is 0.605. The second-order valence-corrected chi connectivity index (χ2v) is 6.86. The zero-order chi connectivity index (χ0) is 13.9. The maximum absolute atomic E-state index is 12.4. The van der Waals surface area contributed by atoms with E-state index in [-0.39, 0.29) is 0 Å². The molecular weight excluding hydrogens is 286 g/mol. The highest BCUT2D eigenvalue weighted by Crippen LogP contribution is 2.19. The number of piperazine rings is 1. The molecule has 19 heavy (non-hydrogen) atoms. The fraction of sp³-hybridized carbons (Fsp3) is 0.500. The second kappa shape index (κ2) is 6.19. The van der Waals surface area contributed by atoms with Crippen molar-refractivity contribution in [1.29, 1.82) is 0 Å². The Bertz CT molecular complexity index is 510. The highest BCUT2D eigenvalue weighted by atomic mass is 35.5. The molecule has 1 aliphatic rings. The van der Waals surface area contributed by atoms with Crippen LogP contribution in [-0.4, -0.2) is 56.9 Å². The molecule has 1 aliphatic heterocycles. The molecule has 1 fully saturated rings. The molecular formula is C12H18ClN3O2S. The van der Waals surface area contributed by atoms with Gasteiger partial charge in [0.15, 0.2) is 0 Å². The topological polar surface area (TPSA) is 66.6 Å². The molecule has 1 aromatic rings. The minimum Gasteiger partial charge on any atom is -0.329 e. The molecule has 1 saturated heterocycles. The van der Waals surface area contributed by atoms with E-state index in [1.807, 2.05) is 0 Å². The van der Waals surface area contributed by atoms with Gasteiger partial charge in [-0.2, -0.15) is 4.31 Å². The SMILES string of the molecule is NCCN1CCN(S(=O)(=O)c2ccc(Cl)cc2)CC1. The van der Waals surface area contributed by atoms with Crippen LogP contribution in [-0.2, 0) is 10.0 Å². The average molecular weight is 304 g/mol. The van der Waals surface area contributed by atoms with Crippen LogP contribution in [0.4, 0.5) is 0 Å². The number of sulfonamides is 1. The summed E-state index contributed by atoms with van der Waals surface area (Å²) in [4.78, 5) is 2.47. The summed E-state index contributed by atoms with van der Waals surface area (Å²) >= 11 is 5.77. The lowest BCUT2D eigenvalue weighted by molar-refractivity contribution is 0.192. The average Bonchev–Trinajstić information content (AvgIpc) is 2.40. The van der Waals surface area contributed by atoms with E-state index in [4.69, 9.17) is 17.3 Å². The summed E-state index contributed by atoms with van der Waals surface area (Å²) in [6, 6.07) is 6.28. The van der Waals surface area contributed by atoms with Crippen LogP contribution in [0.2, 0.25) is 5.02 Å². The number of nitrogens with two attached hydrogens (primary N) is 1. The molecule has 106 valence electrons. The van der Waals surface area contributed by atoms with E-state index >= 15 is 0 Å². The molecule has 1 aromatic carbocycles. The summed E-state index contributed by atoms with van der Waals surface area (Å²) in [5, 5.41) is 0.534. The van der Waals surface area contributed by atoms with Crippen molar-refractivity contribution >= 4 is 21.6 Å². The third kappa shape index (κ3) is 3.46. The Morgan fingerprint density at radius 2 is 1.68 bits per heavy atom. The Hall–Kier alpha value is -0.660. The van der Waals surface area contributed by atoms with E-state index < -0.39 is 10.0 Å². The fourth-order valence-corrected chi connectivity index (χ4v) is 3.68. The van der Waals surface area contributed by atoms with Crippen LogP contribution in [0.25, 0.3) is 0 Å². The fourth-order valence-electron chi connectivity index (χ4n) is 2.13. The zero-order valence-corrected chi connectivity index (χ0v) is 12.2. The number of hydrogen-bond donors (Lipinski definition) is 1. The van der Waals surface area contributed by atoms with Crippen LogP contribution in [0.5, 0.6) is 0 Å². The molecule has 7 heteroatoms. The van der Waals surface area contributed by atoms with Gasteiger partial charge in [0, 0.05) is 44.3 Å².